The van der Waals surface area contributed by atoms with Gasteiger partial charge in [-0.15, -0.1) is 0 Å². The summed E-state index contributed by atoms with van der Waals surface area (Å²) in [6.45, 7) is 3.06. The lowest BCUT2D eigenvalue weighted by atomic mass is 10.1. The van der Waals surface area contributed by atoms with Crippen LogP contribution in [0.25, 0.3) is 0 Å². The van der Waals surface area contributed by atoms with E-state index in [2.05, 4.69) is 32.9 Å². The van der Waals surface area contributed by atoms with Crippen molar-refractivity contribution < 1.29 is 4.79 Å². The number of likely N-dealkylation sites (tertiary alicyclic amines) is 1. The fraction of sp³-hybridized carbons (Fsp3) is 0.571. The molecule has 0 unspecified atom stereocenters. The number of hydrogen-bond acceptors (Lipinski definition) is 4. The first-order valence-corrected chi connectivity index (χ1v) is 8.08. The summed E-state index contributed by atoms with van der Waals surface area (Å²) >= 11 is 11.8. The Bertz CT molecular complexity index is 506. The highest BCUT2D eigenvalue weighted by atomic mass is 35.5. The molecule has 2 amide bonds. The van der Waals surface area contributed by atoms with Gasteiger partial charge in [0.25, 0.3) is 0 Å². The number of urea groups is 1. The topological polar surface area (TPSA) is 69.3 Å². The van der Waals surface area contributed by atoms with Crippen molar-refractivity contribution in [3.63, 3.8) is 0 Å². The molecule has 0 spiro atoms. The average molecular weight is 346 g/mol. The van der Waals surface area contributed by atoms with Crippen molar-refractivity contribution in [2.24, 2.45) is 0 Å². The fourth-order valence-electron chi connectivity index (χ4n) is 2.29. The van der Waals surface area contributed by atoms with Gasteiger partial charge >= 0.3 is 6.03 Å². The Kier molecular flexibility index (Phi) is 6.54. The summed E-state index contributed by atoms with van der Waals surface area (Å²) in [5.74, 6) is 0.559. The van der Waals surface area contributed by atoms with E-state index in [0.717, 1.165) is 25.9 Å². The maximum Gasteiger partial charge on any atom is 0.315 e. The summed E-state index contributed by atoms with van der Waals surface area (Å²) in [6.07, 6.45) is 3.51. The second-order valence-electron chi connectivity index (χ2n) is 5.39. The second kappa shape index (κ2) is 8.41. The molecule has 8 heteroatoms. The number of piperidine rings is 1. The van der Waals surface area contributed by atoms with Crippen LogP contribution in [-0.2, 0) is 0 Å². The average Bonchev–Trinajstić information content (AvgIpc) is 2.48. The van der Waals surface area contributed by atoms with Crippen molar-refractivity contribution in [1.82, 2.24) is 20.5 Å². The van der Waals surface area contributed by atoms with Crippen molar-refractivity contribution in [2.45, 2.75) is 18.9 Å². The summed E-state index contributed by atoms with van der Waals surface area (Å²) < 4.78 is 0. The van der Waals surface area contributed by atoms with E-state index in [9.17, 15) is 4.79 Å². The van der Waals surface area contributed by atoms with Gasteiger partial charge in [-0.1, -0.05) is 23.2 Å². The molecule has 2 heterocycles. The summed E-state index contributed by atoms with van der Waals surface area (Å²) in [7, 11) is 2.10. The van der Waals surface area contributed by atoms with Crippen LogP contribution in [0.5, 0.6) is 0 Å². The number of amides is 2. The number of rotatable bonds is 5. The second-order valence-corrected chi connectivity index (χ2v) is 6.23. The van der Waals surface area contributed by atoms with Crippen LogP contribution in [0.15, 0.2) is 12.3 Å². The predicted octanol–water partition coefficient (Wildman–Crippen LogP) is 2.19. The van der Waals surface area contributed by atoms with Gasteiger partial charge in [0.15, 0.2) is 0 Å². The van der Waals surface area contributed by atoms with Crippen LogP contribution in [0, 0.1) is 0 Å². The highest BCUT2D eigenvalue weighted by molar-refractivity contribution is 6.35. The maximum atomic E-state index is 11.8. The molecular weight excluding hydrogens is 325 g/mol. The maximum absolute atomic E-state index is 11.8. The molecule has 0 bridgehead atoms. The molecule has 0 atom stereocenters. The molecule has 0 aromatic carbocycles. The standard InChI is InChI=1S/C14H21Cl2N5O/c1-21-6-2-11(3-7-21)20-14(22)18-5-4-17-13-12(16)8-10(15)9-19-13/h8-9,11H,2-7H2,1H3,(H,17,19)(H2,18,20,22). The number of nitrogens with one attached hydrogen (secondary N) is 3. The largest absolute Gasteiger partial charge is 0.367 e. The summed E-state index contributed by atoms with van der Waals surface area (Å²) in [4.78, 5) is 18.1. The van der Waals surface area contributed by atoms with Crippen LogP contribution in [0.2, 0.25) is 10.0 Å². The minimum absolute atomic E-state index is 0.133. The highest BCUT2D eigenvalue weighted by Crippen LogP contribution is 2.21. The molecule has 3 N–H and O–H groups in total. The van der Waals surface area contributed by atoms with E-state index in [-0.39, 0.29) is 12.1 Å². The Labute approximate surface area is 140 Å². The van der Waals surface area contributed by atoms with E-state index in [1.165, 1.54) is 6.20 Å². The number of carbonyl (C=O) groups excluding carboxylic acids is 1. The zero-order chi connectivity index (χ0) is 15.9. The molecule has 1 aromatic rings. The molecule has 122 valence electrons. The molecule has 22 heavy (non-hydrogen) atoms. The lowest BCUT2D eigenvalue weighted by molar-refractivity contribution is 0.214. The van der Waals surface area contributed by atoms with E-state index in [0.29, 0.717) is 29.0 Å². The van der Waals surface area contributed by atoms with Crippen LogP contribution in [0.3, 0.4) is 0 Å². The van der Waals surface area contributed by atoms with Crippen LogP contribution in [0.4, 0.5) is 10.6 Å². The van der Waals surface area contributed by atoms with Gasteiger partial charge in [-0.05, 0) is 39.0 Å². The van der Waals surface area contributed by atoms with Crippen molar-refractivity contribution >= 4 is 35.1 Å². The molecule has 0 saturated carbocycles. The SMILES string of the molecule is CN1CCC(NC(=O)NCCNc2ncc(Cl)cc2Cl)CC1. The first-order valence-electron chi connectivity index (χ1n) is 7.32. The van der Waals surface area contributed by atoms with Crippen molar-refractivity contribution in [3.05, 3.63) is 22.3 Å². The highest BCUT2D eigenvalue weighted by Gasteiger charge is 2.17. The van der Waals surface area contributed by atoms with Gasteiger partial charge in [-0.3, -0.25) is 0 Å². The monoisotopic (exact) mass is 345 g/mol. The fourth-order valence-corrected chi connectivity index (χ4v) is 2.74. The van der Waals surface area contributed by atoms with Crippen molar-refractivity contribution in [3.8, 4) is 0 Å². The van der Waals surface area contributed by atoms with E-state index < -0.39 is 0 Å². The van der Waals surface area contributed by atoms with Crippen LogP contribution >= 0.6 is 23.2 Å². The summed E-state index contributed by atoms with van der Waals surface area (Å²) in [6, 6.07) is 1.75. The number of halogens is 2. The van der Waals surface area contributed by atoms with E-state index in [1.54, 1.807) is 6.07 Å². The number of aromatic nitrogens is 1. The lowest BCUT2D eigenvalue weighted by Crippen LogP contribution is -2.47. The van der Waals surface area contributed by atoms with Crippen LogP contribution in [0.1, 0.15) is 12.8 Å². The number of carbonyl (C=O) groups is 1. The smallest absolute Gasteiger partial charge is 0.315 e. The minimum Gasteiger partial charge on any atom is -0.367 e. The van der Waals surface area contributed by atoms with Crippen LogP contribution in [-0.4, -0.2) is 55.2 Å². The number of anilines is 1. The molecule has 6 nitrogen and oxygen atoms in total. The third kappa shape index (κ3) is 5.51. The molecule has 0 radical (unpaired) electrons. The molecule has 1 aliphatic rings. The molecule has 2 rings (SSSR count). The zero-order valence-corrected chi connectivity index (χ0v) is 14.0. The zero-order valence-electron chi connectivity index (χ0n) is 12.5. The lowest BCUT2D eigenvalue weighted by Gasteiger charge is -2.29. The molecule has 1 aliphatic heterocycles. The third-order valence-electron chi connectivity index (χ3n) is 3.56. The van der Waals surface area contributed by atoms with Gasteiger partial charge in [-0.25, -0.2) is 9.78 Å². The first kappa shape index (κ1) is 17.1. The molecule has 1 aromatic heterocycles. The Hall–Kier alpha value is -1.24. The van der Waals surface area contributed by atoms with Crippen LogP contribution < -0.4 is 16.0 Å². The Morgan fingerprint density at radius 1 is 1.36 bits per heavy atom. The quantitative estimate of drug-likeness (QED) is 0.715. The molecular formula is C14H21Cl2N5O. The van der Waals surface area contributed by atoms with Crippen molar-refractivity contribution in [1.29, 1.82) is 0 Å². The van der Waals surface area contributed by atoms with Gasteiger partial charge in [0, 0.05) is 25.3 Å². The van der Waals surface area contributed by atoms with Gasteiger partial charge < -0.3 is 20.9 Å². The minimum atomic E-state index is -0.133. The summed E-state index contributed by atoms with van der Waals surface area (Å²) in [5, 5.41) is 9.82. The Morgan fingerprint density at radius 3 is 2.77 bits per heavy atom. The van der Waals surface area contributed by atoms with Gasteiger partial charge in [0.2, 0.25) is 0 Å². The summed E-state index contributed by atoms with van der Waals surface area (Å²) in [5.41, 5.74) is 0. The Morgan fingerprint density at radius 2 is 2.09 bits per heavy atom. The van der Waals surface area contributed by atoms with Gasteiger partial charge in [-0.2, -0.15) is 0 Å². The predicted molar refractivity (Wildman–Crippen MR) is 89.8 cm³/mol. The molecule has 1 fully saturated rings. The first-order chi connectivity index (χ1) is 10.5. The van der Waals surface area contributed by atoms with E-state index in [4.69, 9.17) is 23.2 Å². The normalized spacial score (nSPS) is 16.3. The Balaban J connectivity index is 1.62. The number of nitrogens with zero attached hydrogens (tertiary/aromatic N) is 2. The van der Waals surface area contributed by atoms with E-state index >= 15 is 0 Å². The van der Waals surface area contributed by atoms with Gasteiger partial charge in [0.05, 0.1) is 10.0 Å². The molecule has 0 aliphatic carbocycles. The molecule has 1 saturated heterocycles. The van der Waals surface area contributed by atoms with E-state index in [1.807, 2.05) is 0 Å². The van der Waals surface area contributed by atoms with Crippen molar-refractivity contribution in [2.75, 3.05) is 38.5 Å². The number of hydrogen-bond donors (Lipinski definition) is 3. The third-order valence-corrected chi connectivity index (χ3v) is 4.06. The number of pyridine rings is 1. The van der Waals surface area contributed by atoms with Gasteiger partial charge in [0.1, 0.15) is 5.82 Å².